The standard InChI is InChI=1S/C16H11Cl15O/c17-11(18,14(23,24)25)7-5-9(12(19,20)15(26,27)28)8(3-1-2-4-32)10(6-7)13(21,22)16(29,30)31/h5-6,32H,1-4H2. The predicted octanol–water partition coefficient (Wildman–Crippen LogP) is 11.0. The average molecular weight is 751 g/mol. The minimum atomic E-state index is -2.29. The summed E-state index contributed by atoms with van der Waals surface area (Å²) in [5.74, 6) is 0. The van der Waals surface area contributed by atoms with E-state index >= 15 is 0 Å². The van der Waals surface area contributed by atoms with E-state index in [2.05, 4.69) is 0 Å². The van der Waals surface area contributed by atoms with Gasteiger partial charge in [0.25, 0.3) is 0 Å². The third-order valence-corrected chi connectivity index (χ3v) is 11.4. The first-order valence-electron chi connectivity index (χ1n) is 8.16. The van der Waals surface area contributed by atoms with Crippen LogP contribution in [0, 0.1) is 0 Å². The molecule has 0 bridgehead atoms. The van der Waals surface area contributed by atoms with Gasteiger partial charge in [0.05, 0.1) is 0 Å². The van der Waals surface area contributed by atoms with Crippen LogP contribution >= 0.6 is 174 Å². The van der Waals surface area contributed by atoms with Gasteiger partial charge in [-0.05, 0) is 53.6 Å². The van der Waals surface area contributed by atoms with Crippen LogP contribution in [0.15, 0.2) is 12.1 Å². The molecule has 32 heavy (non-hydrogen) atoms. The molecule has 0 aliphatic rings. The van der Waals surface area contributed by atoms with Gasteiger partial charge in [0.15, 0.2) is 13.0 Å². The van der Waals surface area contributed by atoms with Crippen molar-refractivity contribution in [1.82, 2.24) is 0 Å². The molecular formula is C16H11Cl15O. The molecule has 1 aromatic rings. The SMILES string of the molecule is OCCCCc1c(C(Cl)(Cl)C(Cl)(Cl)Cl)cc(C(Cl)(Cl)C(Cl)(Cl)Cl)cc1C(Cl)(Cl)C(Cl)(Cl)Cl. The summed E-state index contributed by atoms with van der Waals surface area (Å²) in [5, 5.41) is 9.19. The normalized spacial score (nSPS) is 14.8. The van der Waals surface area contributed by atoms with Crippen LogP contribution in [0.2, 0.25) is 0 Å². The third kappa shape index (κ3) is 7.34. The van der Waals surface area contributed by atoms with Crippen LogP contribution < -0.4 is 0 Å². The maximum absolute atomic E-state index is 9.19. The highest BCUT2D eigenvalue weighted by Gasteiger charge is 2.55. The number of aliphatic hydroxyl groups is 1. The number of benzene rings is 1. The lowest BCUT2D eigenvalue weighted by Crippen LogP contribution is -2.36. The molecule has 0 saturated heterocycles. The van der Waals surface area contributed by atoms with Gasteiger partial charge in [-0.1, -0.05) is 174 Å². The van der Waals surface area contributed by atoms with Crippen molar-refractivity contribution in [3.63, 3.8) is 0 Å². The van der Waals surface area contributed by atoms with E-state index in [4.69, 9.17) is 174 Å². The summed E-state index contributed by atoms with van der Waals surface area (Å²) in [7, 11) is 0. The van der Waals surface area contributed by atoms with Gasteiger partial charge in [0, 0.05) is 6.61 Å². The minimum Gasteiger partial charge on any atom is -0.396 e. The zero-order chi connectivity index (χ0) is 25.6. The molecule has 0 saturated carbocycles. The molecule has 0 spiro atoms. The first-order valence-corrected chi connectivity index (χ1v) is 13.8. The van der Waals surface area contributed by atoms with Crippen molar-refractivity contribution in [2.75, 3.05) is 6.61 Å². The fourth-order valence-corrected chi connectivity index (χ4v) is 4.40. The number of hydrogen-bond donors (Lipinski definition) is 1. The molecule has 0 atom stereocenters. The van der Waals surface area contributed by atoms with E-state index in [1.807, 2.05) is 0 Å². The van der Waals surface area contributed by atoms with E-state index in [1.54, 1.807) is 0 Å². The number of hydrogen-bond acceptors (Lipinski definition) is 1. The Labute approximate surface area is 260 Å². The van der Waals surface area contributed by atoms with Crippen LogP contribution in [0.4, 0.5) is 0 Å². The van der Waals surface area contributed by atoms with Gasteiger partial charge in [-0.25, -0.2) is 0 Å². The Morgan fingerprint density at radius 3 is 1.16 bits per heavy atom. The molecule has 0 aliphatic carbocycles. The van der Waals surface area contributed by atoms with Crippen molar-refractivity contribution in [1.29, 1.82) is 0 Å². The van der Waals surface area contributed by atoms with Crippen LogP contribution in [-0.4, -0.2) is 23.1 Å². The summed E-state index contributed by atoms with van der Waals surface area (Å²) in [5.41, 5.74) is 0.0390. The van der Waals surface area contributed by atoms with Crippen molar-refractivity contribution in [3.8, 4) is 0 Å². The Bertz CT molecular complexity index is 754. The lowest BCUT2D eigenvalue weighted by molar-refractivity contribution is 0.284. The largest absolute Gasteiger partial charge is 0.396 e. The number of aliphatic hydroxyl groups excluding tert-OH is 1. The molecule has 0 amide bonds. The summed E-state index contributed by atoms with van der Waals surface area (Å²) < 4.78 is -13.5. The van der Waals surface area contributed by atoms with E-state index < -0.39 is 24.4 Å². The Morgan fingerprint density at radius 1 is 0.531 bits per heavy atom. The van der Waals surface area contributed by atoms with E-state index in [0.29, 0.717) is 12.8 Å². The van der Waals surface area contributed by atoms with Gasteiger partial charge in [-0.15, -0.1) is 0 Å². The van der Waals surface area contributed by atoms with Gasteiger partial charge < -0.3 is 5.11 Å². The minimum absolute atomic E-state index is 0.0499. The van der Waals surface area contributed by atoms with Gasteiger partial charge in [0.2, 0.25) is 11.4 Å². The van der Waals surface area contributed by atoms with E-state index in [-0.39, 0.29) is 35.3 Å². The summed E-state index contributed by atoms with van der Waals surface area (Å²) in [6, 6.07) is 2.54. The highest BCUT2D eigenvalue weighted by Crippen LogP contribution is 2.61. The van der Waals surface area contributed by atoms with Crippen LogP contribution in [0.3, 0.4) is 0 Å². The number of unbranched alkanes of at least 4 members (excludes halogenated alkanes) is 1. The number of alkyl halides is 15. The van der Waals surface area contributed by atoms with E-state index in [0.717, 1.165) is 0 Å². The lowest BCUT2D eigenvalue weighted by atomic mass is 9.89. The molecule has 0 unspecified atom stereocenters. The molecule has 0 aromatic heterocycles. The van der Waals surface area contributed by atoms with Crippen molar-refractivity contribution in [3.05, 3.63) is 34.4 Å². The van der Waals surface area contributed by atoms with Gasteiger partial charge in [-0.2, -0.15) is 0 Å². The van der Waals surface area contributed by atoms with Crippen molar-refractivity contribution in [2.45, 2.75) is 43.6 Å². The molecule has 1 nitrogen and oxygen atoms in total. The Hall–Kier alpha value is 3.53. The second kappa shape index (κ2) is 11.7. The fraction of sp³-hybridized carbons (Fsp3) is 0.625. The van der Waals surface area contributed by atoms with Crippen LogP contribution in [-0.2, 0) is 19.4 Å². The van der Waals surface area contributed by atoms with E-state index in [9.17, 15) is 5.11 Å². The highest BCUT2D eigenvalue weighted by atomic mass is 35.6. The van der Waals surface area contributed by atoms with Crippen LogP contribution in [0.5, 0.6) is 0 Å². The molecule has 1 aromatic carbocycles. The second-order valence-corrected chi connectivity index (χ2v) is 17.3. The molecule has 186 valence electrons. The smallest absolute Gasteiger partial charge is 0.227 e. The van der Waals surface area contributed by atoms with Crippen molar-refractivity contribution >= 4 is 174 Å². The Morgan fingerprint density at radius 2 is 0.875 bits per heavy atom. The maximum atomic E-state index is 9.19. The molecular weight excluding hydrogens is 740 g/mol. The summed E-state index contributed by atoms with van der Waals surface area (Å²) >= 11 is 92.8. The average Bonchev–Trinajstić information content (AvgIpc) is 2.58. The molecule has 0 aliphatic heterocycles. The first-order chi connectivity index (χ1) is 14.0. The fourth-order valence-electron chi connectivity index (χ4n) is 2.57. The lowest BCUT2D eigenvalue weighted by Gasteiger charge is -2.37. The first kappa shape index (κ1) is 33.6. The number of halogens is 15. The Balaban J connectivity index is 4.16. The monoisotopic (exact) mass is 744 g/mol. The summed E-state index contributed by atoms with van der Waals surface area (Å²) in [4.78, 5) is 0. The summed E-state index contributed by atoms with van der Waals surface area (Å²) in [6.07, 6.45) is 0.918. The van der Waals surface area contributed by atoms with Gasteiger partial charge >= 0.3 is 0 Å². The quantitative estimate of drug-likeness (QED) is 0.217. The zero-order valence-corrected chi connectivity index (χ0v) is 26.4. The van der Waals surface area contributed by atoms with Gasteiger partial charge in [-0.3, -0.25) is 0 Å². The molecule has 1 N–H and O–H groups in total. The van der Waals surface area contributed by atoms with Crippen LogP contribution in [0.1, 0.15) is 35.1 Å². The van der Waals surface area contributed by atoms with E-state index in [1.165, 1.54) is 12.1 Å². The molecule has 0 radical (unpaired) electrons. The number of rotatable bonds is 7. The second-order valence-electron chi connectivity index (χ2n) is 6.45. The molecule has 1 rings (SSSR count). The highest BCUT2D eigenvalue weighted by molar-refractivity contribution is 6.77. The Kier molecular flexibility index (Phi) is 12.3. The third-order valence-electron chi connectivity index (χ3n) is 4.19. The summed E-state index contributed by atoms with van der Waals surface area (Å²) in [6.45, 7) is -0.114. The van der Waals surface area contributed by atoms with Gasteiger partial charge in [0.1, 0.15) is 0 Å². The van der Waals surface area contributed by atoms with Crippen LogP contribution in [0.25, 0.3) is 0 Å². The molecule has 16 heteroatoms. The maximum Gasteiger partial charge on any atom is 0.227 e. The molecule has 0 fully saturated rings. The topological polar surface area (TPSA) is 20.2 Å². The van der Waals surface area contributed by atoms with Crippen molar-refractivity contribution in [2.24, 2.45) is 0 Å². The predicted molar refractivity (Wildman–Crippen MR) is 147 cm³/mol. The zero-order valence-electron chi connectivity index (χ0n) is 15.1. The molecule has 0 heterocycles. The van der Waals surface area contributed by atoms with Crippen molar-refractivity contribution < 1.29 is 5.11 Å².